The summed E-state index contributed by atoms with van der Waals surface area (Å²) in [5, 5.41) is 0. The van der Waals surface area contributed by atoms with E-state index >= 15 is 0 Å². The molecular weight excluding hydrogens is 280 g/mol. The van der Waals surface area contributed by atoms with Crippen molar-refractivity contribution in [2.24, 2.45) is 0 Å². The van der Waals surface area contributed by atoms with Gasteiger partial charge >= 0.3 is 5.97 Å². The zero-order valence-electron chi connectivity index (χ0n) is 12.2. The molecule has 1 unspecified atom stereocenters. The van der Waals surface area contributed by atoms with E-state index in [2.05, 4.69) is 12.1 Å². The van der Waals surface area contributed by atoms with Crippen molar-refractivity contribution in [3.63, 3.8) is 0 Å². The minimum absolute atomic E-state index is 0.0357. The van der Waals surface area contributed by atoms with Crippen molar-refractivity contribution in [2.75, 3.05) is 5.75 Å². The molecule has 0 aliphatic heterocycles. The molecule has 0 aliphatic carbocycles. The molecule has 1 atom stereocenters. The number of thioether (sulfide) groups is 1. The van der Waals surface area contributed by atoms with Gasteiger partial charge in [-0.15, -0.1) is 0 Å². The summed E-state index contributed by atoms with van der Waals surface area (Å²) >= 11 is 1.80. The smallest absolute Gasteiger partial charge is 0.338 e. The molecule has 0 fully saturated rings. The lowest BCUT2D eigenvalue weighted by Gasteiger charge is -2.16. The number of ether oxygens (including phenoxy) is 1. The Kier molecular flexibility index (Phi) is 6.35. The van der Waals surface area contributed by atoms with Crippen LogP contribution in [-0.4, -0.2) is 17.8 Å². The maximum absolute atomic E-state index is 12.0. The molecule has 110 valence electrons. The van der Waals surface area contributed by atoms with E-state index < -0.39 is 0 Å². The van der Waals surface area contributed by atoms with Crippen LogP contribution < -0.4 is 0 Å². The molecule has 0 amide bonds. The second kappa shape index (κ2) is 8.53. The van der Waals surface area contributed by atoms with E-state index in [0.29, 0.717) is 5.56 Å². The number of esters is 1. The summed E-state index contributed by atoms with van der Waals surface area (Å²) < 4.78 is 5.56. The molecule has 3 heteroatoms. The number of carbonyl (C=O) groups is 1. The van der Waals surface area contributed by atoms with Gasteiger partial charge in [-0.25, -0.2) is 4.79 Å². The zero-order valence-corrected chi connectivity index (χ0v) is 13.0. The Morgan fingerprint density at radius 2 is 1.67 bits per heavy atom. The zero-order chi connectivity index (χ0) is 14.9. The number of carbonyl (C=O) groups excluding carboxylic acids is 1. The van der Waals surface area contributed by atoms with Crippen LogP contribution in [0.15, 0.2) is 60.7 Å². The van der Waals surface area contributed by atoms with Crippen LogP contribution in [0.4, 0.5) is 0 Å². The highest BCUT2D eigenvalue weighted by molar-refractivity contribution is 7.98. The van der Waals surface area contributed by atoms with E-state index in [1.54, 1.807) is 23.9 Å². The molecule has 0 radical (unpaired) electrons. The summed E-state index contributed by atoms with van der Waals surface area (Å²) in [7, 11) is 0. The third-order valence-corrected chi connectivity index (χ3v) is 4.30. The van der Waals surface area contributed by atoms with Gasteiger partial charge in [-0.2, -0.15) is 11.8 Å². The molecule has 0 heterocycles. The molecule has 2 rings (SSSR count). The summed E-state index contributed by atoms with van der Waals surface area (Å²) in [6, 6.07) is 19.5. The Hall–Kier alpha value is -1.74. The number of benzene rings is 2. The maximum atomic E-state index is 12.0. The topological polar surface area (TPSA) is 26.3 Å². The van der Waals surface area contributed by atoms with Gasteiger partial charge in [-0.05, 0) is 24.1 Å². The summed E-state index contributed by atoms with van der Waals surface area (Å²) in [6.07, 6.45) is 0.798. The fraction of sp³-hybridized carbons (Fsp3) is 0.278. The normalized spacial score (nSPS) is 11.9. The first-order valence-electron chi connectivity index (χ1n) is 7.17. The Labute approximate surface area is 130 Å². The van der Waals surface area contributed by atoms with E-state index in [1.807, 2.05) is 43.3 Å². The SMILES string of the molecule is CCC(CSCc1ccccc1)OC(=O)c1ccccc1. The monoisotopic (exact) mass is 300 g/mol. The molecule has 0 saturated carbocycles. The molecule has 0 N–H and O–H groups in total. The molecule has 2 nitrogen and oxygen atoms in total. The third-order valence-electron chi connectivity index (χ3n) is 3.15. The first-order chi connectivity index (χ1) is 10.3. The van der Waals surface area contributed by atoms with Crippen molar-refractivity contribution < 1.29 is 9.53 Å². The maximum Gasteiger partial charge on any atom is 0.338 e. The van der Waals surface area contributed by atoms with Gasteiger partial charge in [0.2, 0.25) is 0 Å². The van der Waals surface area contributed by atoms with Crippen LogP contribution in [0.5, 0.6) is 0 Å². The van der Waals surface area contributed by atoms with Gasteiger partial charge in [-0.1, -0.05) is 55.5 Å². The first-order valence-corrected chi connectivity index (χ1v) is 8.32. The lowest BCUT2D eigenvalue weighted by molar-refractivity contribution is 0.0344. The van der Waals surface area contributed by atoms with Gasteiger partial charge < -0.3 is 4.74 Å². The van der Waals surface area contributed by atoms with Crippen molar-refractivity contribution in [1.82, 2.24) is 0 Å². The fourth-order valence-corrected chi connectivity index (χ4v) is 3.02. The lowest BCUT2D eigenvalue weighted by Crippen LogP contribution is -2.20. The van der Waals surface area contributed by atoms with Crippen LogP contribution in [-0.2, 0) is 10.5 Å². The van der Waals surface area contributed by atoms with Crippen molar-refractivity contribution >= 4 is 17.7 Å². The summed E-state index contributed by atoms with van der Waals surface area (Å²) in [5.74, 6) is 1.53. The Balaban J connectivity index is 1.79. The molecule has 21 heavy (non-hydrogen) atoms. The van der Waals surface area contributed by atoms with Gasteiger partial charge in [0.05, 0.1) is 5.56 Å². The highest BCUT2D eigenvalue weighted by Gasteiger charge is 2.14. The van der Waals surface area contributed by atoms with Gasteiger partial charge in [-0.3, -0.25) is 0 Å². The Morgan fingerprint density at radius 3 is 2.29 bits per heavy atom. The Morgan fingerprint density at radius 1 is 1.05 bits per heavy atom. The van der Waals surface area contributed by atoms with E-state index in [1.165, 1.54) is 5.56 Å². The van der Waals surface area contributed by atoms with Crippen molar-refractivity contribution in [1.29, 1.82) is 0 Å². The highest BCUT2D eigenvalue weighted by atomic mass is 32.2. The van der Waals surface area contributed by atoms with Crippen molar-refractivity contribution in [3.8, 4) is 0 Å². The van der Waals surface area contributed by atoms with Crippen LogP contribution in [0.25, 0.3) is 0 Å². The molecule has 0 saturated heterocycles. The molecular formula is C18H20O2S. The van der Waals surface area contributed by atoms with Crippen molar-refractivity contribution in [3.05, 3.63) is 71.8 Å². The number of hydrogen-bond acceptors (Lipinski definition) is 3. The predicted molar refractivity (Wildman–Crippen MR) is 88.5 cm³/mol. The minimum Gasteiger partial charge on any atom is -0.458 e. The second-order valence-electron chi connectivity index (χ2n) is 4.80. The summed E-state index contributed by atoms with van der Waals surface area (Å²) in [5.41, 5.74) is 1.91. The molecule has 2 aromatic rings. The average Bonchev–Trinajstić information content (AvgIpc) is 2.55. The first kappa shape index (κ1) is 15.6. The van der Waals surface area contributed by atoms with Crippen LogP contribution >= 0.6 is 11.8 Å². The van der Waals surface area contributed by atoms with Crippen LogP contribution in [0.2, 0.25) is 0 Å². The van der Waals surface area contributed by atoms with E-state index in [9.17, 15) is 4.79 Å². The lowest BCUT2D eigenvalue weighted by atomic mass is 10.2. The minimum atomic E-state index is -0.234. The quantitative estimate of drug-likeness (QED) is 0.701. The third kappa shape index (κ3) is 5.27. The van der Waals surface area contributed by atoms with Gasteiger partial charge in [0.1, 0.15) is 6.10 Å². The predicted octanol–water partition coefficient (Wildman–Crippen LogP) is 4.56. The highest BCUT2D eigenvalue weighted by Crippen LogP contribution is 2.16. The van der Waals surface area contributed by atoms with Gasteiger partial charge in [0.15, 0.2) is 0 Å². The Bertz CT molecular complexity index is 540. The standard InChI is InChI=1S/C18H20O2S/c1-2-17(14-21-13-15-9-5-3-6-10-15)20-18(19)16-11-7-4-8-12-16/h3-12,17H,2,13-14H2,1H3. The van der Waals surface area contributed by atoms with Crippen LogP contribution in [0.3, 0.4) is 0 Å². The van der Waals surface area contributed by atoms with Gasteiger partial charge in [0, 0.05) is 11.5 Å². The van der Waals surface area contributed by atoms with Crippen LogP contribution in [0.1, 0.15) is 29.3 Å². The largest absolute Gasteiger partial charge is 0.458 e. The average molecular weight is 300 g/mol. The summed E-state index contributed by atoms with van der Waals surface area (Å²) in [6.45, 7) is 2.05. The second-order valence-corrected chi connectivity index (χ2v) is 5.83. The fourth-order valence-electron chi connectivity index (χ4n) is 1.91. The molecule has 2 aromatic carbocycles. The van der Waals surface area contributed by atoms with E-state index in [-0.39, 0.29) is 12.1 Å². The summed E-state index contributed by atoms with van der Waals surface area (Å²) in [4.78, 5) is 12.0. The number of hydrogen-bond donors (Lipinski definition) is 0. The number of rotatable bonds is 7. The van der Waals surface area contributed by atoms with E-state index in [4.69, 9.17) is 4.74 Å². The van der Waals surface area contributed by atoms with Crippen molar-refractivity contribution in [2.45, 2.75) is 25.2 Å². The molecule has 0 aliphatic rings. The van der Waals surface area contributed by atoms with Gasteiger partial charge in [0.25, 0.3) is 0 Å². The van der Waals surface area contributed by atoms with Crippen LogP contribution in [0, 0.1) is 0 Å². The van der Waals surface area contributed by atoms with E-state index in [0.717, 1.165) is 17.9 Å². The molecule has 0 bridgehead atoms. The molecule has 0 aromatic heterocycles. The molecule has 0 spiro atoms.